The van der Waals surface area contributed by atoms with Crippen molar-refractivity contribution in [3.8, 4) is 0 Å². The Bertz CT molecular complexity index is 847. The molecular formula is C25H28N2O. The number of hydrogen-bond acceptors (Lipinski definition) is 1. The predicted molar refractivity (Wildman–Crippen MR) is 117 cm³/mol. The van der Waals surface area contributed by atoms with Gasteiger partial charge in [0.1, 0.15) is 0 Å². The van der Waals surface area contributed by atoms with Gasteiger partial charge >= 0.3 is 6.03 Å². The monoisotopic (exact) mass is 372 g/mol. The van der Waals surface area contributed by atoms with Crippen LogP contribution in [0.1, 0.15) is 22.3 Å². The molecule has 0 heterocycles. The number of aryl methyl sites for hydroxylation is 2. The molecule has 3 nitrogen and oxygen atoms in total. The summed E-state index contributed by atoms with van der Waals surface area (Å²) in [6, 6.07) is 26.7. The average molecular weight is 373 g/mol. The van der Waals surface area contributed by atoms with E-state index in [2.05, 4.69) is 42.6 Å². The molecule has 3 heteroatoms. The zero-order valence-electron chi connectivity index (χ0n) is 16.7. The van der Waals surface area contributed by atoms with E-state index < -0.39 is 0 Å². The molecule has 144 valence electrons. The van der Waals surface area contributed by atoms with Crippen molar-refractivity contribution < 1.29 is 4.79 Å². The number of rotatable bonds is 7. The molecule has 0 aromatic heterocycles. The van der Waals surface area contributed by atoms with Crippen LogP contribution >= 0.6 is 0 Å². The molecule has 0 atom stereocenters. The van der Waals surface area contributed by atoms with Crippen LogP contribution in [0.15, 0.2) is 78.9 Å². The molecule has 3 aromatic rings. The lowest BCUT2D eigenvalue weighted by Crippen LogP contribution is -2.38. The maximum Gasteiger partial charge on any atom is 0.321 e. The molecule has 0 aliphatic rings. The summed E-state index contributed by atoms with van der Waals surface area (Å²) in [7, 11) is 0. The molecule has 0 unspecified atom stereocenters. The van der Waals surface area contributed by atoms with Crippen LogP contribution in [0.4, 0.5) is 10.5 Å². The van der Waals surface area contributed by atoms with Gasteiger partial charge in [0.05, 0.1) is 0 Å². The Balaban J connectivity index is 1.68. The molecular weight excluding hydrogens is 344 g/mol. The van der Waals surface area contributed by atoms with E-state index in [4.69, 9.17) is 0 Å². The molecule has 0 aliphatic heterocycles. The molecule has 0 aliphatic carbocycles. The SMILES string of the molecule is Cc1ccc(NC(=O)N(CCc2ccccc2)CCc2ccccc2)c(C)c1. The first-order valence-electron chi connectivity index (χ1n) is 9.83. The van der Waals surface area contributed by atoms with Gasteiger partial charge in [0.15, 0.2) is 0 Å². The summed E-state index contributed by atoms with van der Waals surface area (Å²) in [4.78, 5) is 14.9. The van der Waals surface area contributed by atoms with Gasteiger partial charge < -0.3 is 10.2 Å². The van der Waals surface area contributed by atoms with Crippen molar-refractivity contribution in [3.05, 3.63) is 101 Å². The first-order chi connectivity index (χ1) is 13.6. The number of nitrogens with one attached hydrogen (secondary N) is 1. The fourth-order valence-electron chi connectivity index (χ4n) is 3.28. The second-order valence-corrected chi connectivity index (χ2v) is 7.21. The number of carbonyl (C=O) groups excluding carboxylic acids is 1. The summed E-state index contributed by atoms with van der Waals surface area (Å²) in [6.45, 7) is 5.46. The molecule has 0 spiro atoms. The lowest BCUT2D eigenvalue weighted by atomic mass is 10.1. The van der Waals surface area contributed by atoms with Crippen LogP contribution in [0, 0.1) is 13.8 Å². The van der Waals surface area contributed by atoms with Crippen LogP contribution < -0.4 is 5.32 Å². The summed E-state index contributed by atoms with van der Waals surface area (Å²) in [6.07, 6.45) is 1.69. The van der Waals surface area contributed by atoms with Crippen molar-refractivity contribution in [1.29, 1.82) is 0 Å². The quantitative estimate of drug-likeness (QED) is 0.573. The van der Waals surface area contributed by atoms with Crippen molar-refractivity contribution in [2.75, 3.05) is 18.4 Å². The molecule has 1 N–H and O–H groups in total. The highest BCUT2D eigenvalue weighted by molar-refractivity contribution is 5.90. The number of hydrogen-bond donors (Lipinski definition) is 1. The molecule has 0 radical (unpaired) electrons. The van der Waals surface area contributed by atoms with Crippen LogP contribution in [0.25, 0.3) is 0 Å². The van der Waals surface area contributed by atoms with E-state index in [1.54, 1.807) is 0 Å². The van der Waals surface area contributed by atoms with Gasteiger partial charge in [0.2, 0.25) is 0 Å². The van der Waals surface area contributed by atoms with Gasteiger partial charge in [-0.15, -0.1) is 0 Å². The topological polar surface area (TPSA) is 32.3 Å². The molecule has 3 aromatic carbocycles. The van der Waals surface area contributed by atoms with E-state index in [-0.39, 0.29) is 6.03 Å². The third kappa shape index (κ3) is 5.71. The minimum absolute atomic E-state index is 0.0428. The van der Waals surface area contributed by atoms with E-state index in [1.807, 2.05) is 60.4 Å². The number of nitrogens with zero attached hydrogens (tertiary/aromatic N) is 1. The maximum atomic E-state index is 13.0. The maximum absolute atomic E-state index is 13.0. The van der Waals surface area contributed by atoms with Gasteiger partial charge in [0, 0.05) is 18.8 Å². The Morgan fingerprint density at radius 2 is 1.32 bits per heavy atom. The van der Waals surface area contributed by atoms with E-state index in [9.17, 15) is 4.79 Å². The van der Waals surface area contributed by atoms with Gasteiger partial charge in [0.25, 0.3) is 0 Å². The molecule has 0 bridgehead atoms. The standard InChI is InChI=1S/C25H28N2O/c1-20-13-14-24(21(2)19-20)26-25(28)27(17-15-22-9-5-3-6-10-22)18-16-23-11-7-4-8-12-23/h3-14,19H,15-18H2,1-2H3,(H,26,28). The first kappa shape index (κ1) is 19.7. The number of amides is 2. The molecule has 28 heavy (non-hydrogen) atoms. The van der Waals surface area contributed by atoms with Crippen LogP contribution in [0.3, 0.4) is 0 Å². The lowest BCUT2D eigenvalue weighted by Gasteiger charge is -2.24. The minimum atomic E-state index is -0.0428. The van der Waals surface area contributed by atoms with E-state index in [0.29, 0.717) is 13.1 Å². The number of benzene rings is 3. The summed E-state index contributed by atoms with van der Waals surface area (Å²) in [5.41, 5.74) is 5.64. The van der Waals surface area contributed by atoms with E-state index >= 15 is 0 Å². The van der Waals surface area contributed by atoms with Gasteiger partial charge in [-0.25, -0.2) is 4.79 Å². The summed E-state index contributed by atoms with van der Waals surface area (Å²) in [5, 5.41) is 3.10. The summed E-state index contributed by atoms with van der Waals surface area (Å²) >= 11 is 0. The second-order valence-electron chi connectivity index (χ2n) is 7.21. The normalized spacial score (nSPS) is 10.5. The number of anilines is 1. The van der Waals surface area contributed by atoms with E-state index in [0.717, 1.165) is 24.1 Å². The van der Waals surface area contributed by atoms with Crippen LogP contribution in [-0.4, -0.2) is 24.0 Å². The van der Waals surface area contributed by atoms with Gasteiger partial charge in [-0.3, -0.25) is 0 Å². The minimum Gasteiger partial charge on any atom is -0.324 e. The molecule has 2 amide bonds. The van der Waals surface area contributed by atoms with Gasteiger partial charge in [-0.05, 0) is 49.4 Å². The number of urea groups is 1. The fourth-order valence-corrected chi connectivity index (χ4v) is 3.28. The Labute approximate surface area is 168 Å². The summed E-state index contributed by atoms with van der Waals surface area (Å²) in [5.74, 6) is 0. The zero-order chi connectivity index (χ0) is 19.8. The highest BCUT2D eigenvalue weighted by Crippen LogP contribution is 2.17. The largest absolute Gasteiger partial charge is 0.324 e. The third-order valence-electron chi connectivity index (χ3n) is 4.94. The smallest absolute Gasteiger partial charge is 0.321 e. The lowest BCUT2D eigenvalue weighted by molar-refractivity contribution is 0.213. The Kier molecular flexibility index (Phi) is 6.85. The van der Waals surface area contributed by atoms with Crippen molar-refractivity contribution in [3.63, 3.8) is 0 Å². The van der Waals surface area contributed by atoms with Crippen LogP contribution in [0.2, 0.25) is 0 Å². The third-order valence-corrected chi connectivity index (χ3v) is 4.94. The van der Waals surface area contributed by atoms with Crippen molar-refractivity contribution in [2.45, 2.75) is 26.7 Å². The van der Waals surface area contributed by atoms with E-state index in [1.165, 1.54) is 16.7 Å². The van der Waals surface area contributed by atoms with Crippen molar-refractivity contribution >= 4 is 11.7 Å². The molecule has 0 fully saturated rings. The van der Waals surface area contributed by atoms with Crippen LogP contribution in [-0.2, 0) is 12.8 Å². The average Bonchev–Trinajstić information content (AvgIpc) is 2.71. The Morgan fingerprint density at radius 3 is 1.82 bits per heavy atom. The Hall–Kier alpha value is -3.07. The first-order valence-corrected chi connectivity index (χ1v) is 9.83. The molecule has 3 rings (SSSR count). The van der Waals surface area contributed by atoms with Crippen LogP contribution in [0.5, 0.6) is 0 Å². The second kappa shape index (κ2) is 9.75. The number of carbonyl (C=O) groups is 1. The highest BCUT2D eigenvalue weighted by atomic mass is 16.2. The molecule has 0 saturated carbocycles. The van der Waals surface area contributed by atoms with Gasteiger partial charge in [-0.1, -0.05) is 78.4 Å². The Morgan fingerprint density at radius 1 is 0.786 bits per heavy atom. The summed E-state index contributed by atoms with van der Waals surface area (Å²) < 4.78 is 0. The predicted octanol–water partition coefficient (Wildman–Crippen LogP) is 5.62. The van der Waals surface area contributed by atoms with Gasteiger partial charge in [-0.2, -0.15) is 0 Å². The fraction of sp³-hybridized carbons (Fsp3) is 0.240. The zero-order valence-corrected chi connectivity index (χ0v) is 16.7. The van der Waals surface area contributed by atoms with Crippen molar-refractivity contribution in [1.82, 2.24) is 4.90 Å². The molecule has 0 saturated heterocycles. The highest BCUT2D eigenvalue weighted by Gasteiger charge is 2.15. The van der Waals surface area contributed by atoms with Crippen molar-refractivity contribution in [2.24, 2.45) is 0 Å².